The van der Waals surface area contributed by atoms with Crippen molar-refractivity contribution in [2.45, 2.75) is 57.8 Å². The van der Waals surface area contributed by atoms with Crippen molar-refractivity contribution in [3.63, 3.8) is 0 Å². The predicted octanol–water partition coefficient (Wildman–Crippen LogP) is 2.89. The van der Waals surface area contributed by atoms with Crippen molar-refractivity contribution in [2.75, 3.05) is 20.2 Å². The van der Waals surface area contributed by atoms with E-state index in [2.05, 4.69) is 0 Å². The molecule has 2 aliphatic rings. The van der Waals surface area contributed by atoms with Gasteiger partial charge < -0.3 is 18.9 Å². The smallest absolute Gasteiger partial charge is 0.399 e. The minimum atomic E-state index is -0.533. The molecule has 2 fully saturated rings. The zero-order valence-electron chi connectivity index (χ0n) is 16.2. The maximum atomic E-state index is 12.7. The predicted molar refractivity (Wildman–Crippen MR) is 103 cm³/mol. The highest BCUT2D eigenvalue weighted by atomic mass is 35.5. The van der Waals surface area contributed by atoms with Crippen molar-refractivity contribution in [3.8, 4) is 0 Å². The summed E-state index contributed by atoms with van der Waals surface area (Å²) in [6.07, 6.45) is 1.97. The molecule has 3 rings (SSSR count). The number of hydrogen-bond donors (Lipinski definition) is 0. The van der Waals surface area contributed by atoms with E-state index in [0.717, 1.165) is 18.3 Å². The molecule has 0 N–H and O–H groups in total. The Kier molecular flexibility index (Phi) is 5.41. The topological polar surface area (TPSA) is 48.0 Å². The summed E-state index contributed by atoms with van der Waals surface area (Å²) in [6, 6.07) is 5.35. The summed E-state index contributed by atoms with van der Waals surface area (Å²) in [5, 5.41) is 0.487. The largest absolute Gasteiger partial charge is 0.496 e. The van der Waals surface area contributed by atoms with Crippen LogP contribution >= 0.6 is 11.6 Å². The van der Waals surface area contributed by atoms with Gasteiger partial charge in [-0.2, -0.15) is 0 Å². The highest BCUT2D eigenvalue weighted by Gasteiger charge is 2.52. The van der Waals surface area contributed by atoms with E-state index in [1.54, 1.807) is 19.2 Å². The molecular formula is C19H27BClNO4. The van der Waals surface area contributed by atoms with E-state index in [-0.39, 0.29) is 12.0 Å². The maximum absolute atomic E-state index is 12.7. The first-order valence-corrected chi connectivity index (χ1v) is 9.49. The van der Waals surface area contributed by atoms with E-state index in [1.165, 1.54) is 0 Å². The van der Waals surface area contributed by atoms with E-state index in [9.17, 15) is 4.79 Å². The van der Waals surface area contributed by atoms with Gasteiger partial charge in [-0.1, -0.05) is 17.7 Å². The molecule has 2 saturated heterocycles. The molecule has 0 atom stereocenters. The molecule has 142 valence electrons. The fourth-order valence-electron chi connectivity index (χ4n) is 3.30. The quantitative estimate of drug-likeness (QED) is 0.758. The number of piperidine rings is 1. The summed E-state index contributed by atoms with van der Waals surface area (Å²) in [6.45, 7) is 9.41. The highest BCUT2D eigenvalue weighted by molar-refractivity contribution is 6.65. The minimum Gasteiger partial charge on any atom is -0.399 e. The van der Waals surface area contributed by atoms with Crippen LogP contribution in [0.5, 0.6) is 0 Å². The number of methoxy groups -OCH3 is 1. The highest BCUT2D eigenvalue weighted by Crippen LogP contribution is 2.37. The van der Waals surface area contributed by atoms with E-state index in [4.69, 9.17) is 25.6 Å². The third-order valence-electron chi connectivity index (χ3n) is 5.82. The van der Waals surface area contributed by atoms with Gasteiger partial charge in [0.1, 0.15) is 0 Å². The standard InChI is InChI=1S/C19H27BClNO4/c1-18(2)19(3,4)26-20(25-18)15-7-6-13(12-16(15)21)17(23)22-10-8-14(24-5)9-11-22/h6-7,12,14H,8-11H2,1-5H3. The van der Waals surface area contributed by atoms with Gasteiger partial charge in [0.2, 0.25) is 0 Å². The first-order valence-electron chi connectivity index (χ1n) is 9.12. The molecule has 2 aliphatic heterocycles. The fourth-order valence-corrected chi connectivity index (χ4v) is 3.57. The SMILES string of the molecule is COC1CCN(C(=O)c2ccc(B3OC(C)(C)C(C)(C)O3)c(Cl)c2)CC1. The van der Waals surface area contributed by atoms with Crippen molar-refractivity contribution in [2.24, 2.45) is 0 Å². The zero-order valence-corrected chi connectivity index (χ0v) is 16.9. The number of likely N-dealkylation sites (tertiary alicyclic amines) is 1. The molecular weight excluding hydrogens is 352 g/mol. The molecule has 0 radical (unpaired) electrons. The van der Waals surface area contributed by atoms with Gasteiger partial charge in [-0.25, -0.2) is 0 Å². The first kappa shape index (κ1) is 19.7. The summed E-state index contributed by atoms with van der Waals surface area (Å²) < 4.78 is 17.5. The van der Waals surface area contributed by atoms with E-state index in [0.29, 0.717) is 23.7 Å². The molecule has 0 spiro atoms. The first-order chi connectivity index (χ1) is 12.1. The molecule has 0 saturated carbocycles. The second kappa shape index (κ2) is 7.15. The lowest BCUT2D eigenvalue weighted by Crippen LogP contribution is -2.41. The van der Waals surface area contributed by atoms with E-state index >= 15 is 0 Å². The van der Waals surface area contributed by atoms with Gasteiger partial charge in [-0.15, -0.1) is 0 Å². The van der Waals surface area contributed by atoms with Crippen molar-refractivity contribution < 1.29 is 18.8 Å². The van der Waals surface area contributed by atoms with Gasteiger partial charge >= 0.3 is 7.12 Å². The number of amides is 1. The second-order valence-corrected chi connectivity index (χ2v) is 8.46. The van der Waals surface area contributed by atoms with Crippen LogP contribution in [0.25, 0.3) is 0 Å². The summed E-state index contributed by atoms with van der Waals surface area (Å²) in [7, 11) is 1.19. The number of benzene rings is 1. The van der Waals surface area contributed by atoms with Crippen molar-refractivity contribution >= 4 is 30.1 Å². The Morgan fingerprint density at radius 3 is 2.27 bits per heavy atom. The molecule has 5 nitrogen and oxygen atoms in total. The summed E-state index contributed by atoms with van der Waals surface area (Å²) in [5.41, 5.74) is 0.480. The van der Waals surface area contributed by atoms with Crippen LogP contribution in [-0.4, -0.2) is 55.4 Å². The minimum absolute atomic E-state index is 0.00178. The Morgan fingerprint density at radius 2 is 1.77 bits per heavy atom. The van der Waals surface area contributed by atoms with Crippen LogP contribution in [0.15, 0.2) is 18.2 Å². The number of rotatable bonds is 3. The van der Waals surface area contributed by atoms with Crippen LogP contribution in [0.2, 0.25) is 5.02 Å². The van der Waals surface area contributed by atoms with Crippen LogP contribution in [-0.2, 0) is 14.0 Å². The molecule has 2 heterocycles. The number of hydrogen-bond acceptors (Lipinski definition) is 4. The summed E-state index contributed by atoms with van der Waals surface area (Å²) in [4.78, 5) is 14.6. The van der Waals surface area contributed by atoms with Crippen molar-refractivity contribution in [1.29, 1.82) is 0 Å². The molecule has 0 aromatic heterocycles. The van der Waals surface area contributed by atoms with Crippen molar-refractivity contribution in [3.05, 3.63) is 28.8 Å². The average Bonchev–Trinajstić information content (AvgIpc) is 2.81. The number of ether oxygens (including phenoxy) is 1. The van der Waals surface area contributed by atoms with Gasteiger partial charge in [0.15, 0.2) is 0 Å². The average molecular weight is 380 g/mol. The van der Waals surface area contributed by atoms with Gasteiger partial charge in [0, 0.05) is 36.2 Å². The Hall–Kier alpha value is -1.08. The normalized spacial score (nSPS) is 22.7. The third-order valence-corrected chi connectivity index (χ3v) is 6.14. The third kappa shape index (κ3) is 3.65. The monoisotopic (exact) mass is 379 g/mol. The van der Waals surface area contributed by atoms with E-state index < -0.39 is 18.3 Å². The molecule has 0 unspecified atom stereocenters. The second-order valence-electron chi connectivity index (χ2n) is 8.05. The lowest BCUT2D eigenvalue weighted by Gasteiger charge is -2.32. The van der Waals surface area contributed by atoms with Crippen LogP contribution in [0.4, 0.5) is 0 Å². The van der Waals surface area contributed by atoms with Crippen LogP contribution < -0.4 is 5.46 Å². The van der Waals surface area contributed by atoms with Gasteiger partial charge in [0.25, 0.3) is 5.91 Å². The zero-order chi connectivity index (χ0) is 19.1. The Balaban J connectivity index is 1.73. The Morgan fingerprint density at radius 1 is 1.19 bits per heavy atom. The number of carbonyl (C=O) groups is 1. The van der Waals surface area contributed by atoms with Gasteiger partial charge in [-0.3, -0.25) is 4.79 Å². The Bertz CT molecular complexity index is 670. The van der Waals surface area contributed by atoms with Crippen LogP contribution in [0.3, 0.4) is 0 Å². The van der Waals surface area contributed by atoms with Gasteiger partial charge in [-0.05, 0) is 52.7 Å². The number of nitrogens with zero attached hydrogens (tertiary/aromatic N) is 1. The summed E-state index contributed by atoms with van der Waals surface area (Å²) >= 11 is 6.47. The van der Waals surface area contributed by atoms with Gasteiger partial charge in [0.05, 0.1) is 17.3 Å². The number of carbonyl (C=O) groups excluding carboxylic acids is 1. The molecule has 1 aromatic carbocycles. The fraction of sp³-hybridized carbons (Fsp3) is 0.632. The lowest BCUT2D eigenvalue weighted by atomic mass is 9.78. The maximum Gasteiger partial charge on any atom is 0.496 e. The molecule has 7 heteroatoms. The number of halogens is 1. The Labute approximate surface area is 161 Å². The van der Waals surface area contributed by atoms with Crippen molar-refractivity contribution in [1.82, 2.24) is 4.90 Å². The molecule has 1 aromatic rings. The molecule has 26 heavy (non-hydrogen) atoms. The van der Waals surface area contributed by atoms with E-state index in [1.807, 2.05) is 38.7 Å². The molecule has 0 aliphatic carbocycles. The summed E-state index contributed by atoms with van der Waals surface area (Å²) in [5.74, 6) is 0.00178. The lowest BCUT2D eigenvalue weighted by molar-refractivity contribution is 0.00578. The molecule has 0 bridgehead atoms. The molecule has 1 amide bonds. The van der Waals surface area contributed by atoms with Crippen LogP contribution in [0, 0.1) is 0 Å². The van der Waals surface area contributed by atoms with Crippen LogP contribution in [0.1, 0.15) is 50.9 Å².